The summed E-state index contributed by atoms with van der Waals surface area (Å²) in [6.45, 7) is 6.47. The highest BCUT2D eigenvalue weighted by atomic mass is 79.9. The molecule has 0 bridgehead atoms. The van der Waals surface area contributed by atoms with E-state index in [0.29, 0.717) is 0 Å². The topological polar surface area (TPSA) is 46.2 Å². The molecule has 3 N–H and O–H groups in total. The summed E-state index contributed by atoms with van der Waals surface area (Å²) in [6.07, 6.45) is 0. The quantitative estimate of drug-likeness (QED) is 0.869. The minimum absolute atomic E-state index is 0.0265. The van der Waals surface area contributed by atoms with Gasteiger partial charge < -0.3 is 10.8 Å². The zero-order chi connectivity index (χ0) is 11.6. The zero-order valence-corrected chi connectivity index (χ0v) is 11.0. The van der Waals surface area contributed by atoms with Gasteiger partial charge in [0.15, 0.2) is 0 Å². The van der Waals surface area contributed by atoms with Crippen LogP contribution in [0.15, 0.2) is 22.7 Å². The van der Waals surface area contributed by atoms with Crippen LogP contribution in [0, 0.1) is 0 Å². The standard InChI is InChI=1S/C12H18BrNO/c1-12(2,3)9-5-4-8(6-10(9)13)11(14)7-15/h4-6,11,15H,7,14H2,1-3H3. The summed E-state index contributed by atoms with van der Waals surface area (Å²) in [5, 5.41) is 8.97. The SMILES string of the molecule is CC(C)(C)c1ccc(C(N)CO)cc1Br. The lowest BCUT2D eigenvalue weighted by Gasteiger charge is -2.22. The number of rotatable bonds is 2. The third-order valence-corrected chi connectivity index (χ3v) is 3.08. The smallest absolute Gasteiger partial charge is 0.0624 e. The Morgan fingerprint density at radius 1 is 1.40 bits per heavy atom. The van der Waals surface area contributed by atoms with Gasteiger partial charge in [-0.1, -0.05) is 48.8 Å². The molecule has 0 radical (unpaired) electrons. The number of aliphatic hydroxyl groups excluding tert-OH is 1. The van der Waals surface area contributed by atoms with E-state index in [1.54, 1.807) is 0 Å². The molecule has 0 heterocycles. The van der Waals surface area contributed by atoms with Gasteiger partial charge in [0.05, 0.1) is 12.6 Å². The van der Waals surface area contributed by atoms with Gasteiger partial charge in [-0.25, -0.2) is 0 Å². The van der Waals surface area contributed by atoms with Gasteiger partial charge in [-0.15, -0.1) is 0 Å². The summed E-state index contributed by atoms with van der Waals surface area (Å²) in [5.41, 5.74) is 8.07. The number of nitrogens with two attached hydrogens (primary N) is 1. The van der Waals surface area contributed by atoms with Gasteiger partial charge >= 0.3 is 0 Å². The van der Waals surface area contributed by atoms with E-state index in [-0.39, 0.29) is 18.1 Å². The number of hydrogen-bond acceptors (Lipinski definition) is 2. The van der Waals surface area contributed by atoms with Crippen LogP contribution in [0.5, 0.6) is 0 Å². The second-order valence-corrected chi connectivity index (χ2v) is 5.63. The Morgan fingerprint density at radius 2 is 2.00 bits per heavy atom. The summed E-state index contributed by atoms with van der Waals surface area (Å²) in [4.78, 5) is 0. The lowest BCUT2D eigenvalue weighted by molar-refractivity contribution is 0.268. The van der Waals surface area contributed by atoms with Crippen LogP contribution in [0.4, 0.5) is 0 Å². The van der Waals surface area contributed by atoms with Crippen molar-refractivity contribution in [2.75, 3.05) is 6.61 Å². The van der Waals surface area contributed by atoms with Crippen molar-refractivity contribution in [2.45, 2.75) is 32.2 Å². The van der Waals surface area contributed by atoms with Gasteiger partial charge in [-0.2, -0.15) is 0 Å². The van der Waals surface area contributed by atoms with E-state index >= 15 is 0 Å². The van der Waals surface area contributed by atoms with Crippen molar-refractivity contribution in [3.05, 3.63) is 33.8 Å². The largest absolute Gasteiger partial charge is 0.394 e. The minimum Gasteiger partial charge on any atom is -0.394 e. The fraction of sp³-hybridized carbons (Fsp3) is 0.500. The summed E-state index contributed by atoms with van der Waals surface area (Å²) >= 11 is 3.54. The second kappa shape index (κ2) is 4.64. The molecule has 0 saturated carbocycles. The van der Waals surface area contributed by atoms with Gasteiger partial charge in [0, 0.05) is 4.47 Å². The van der Waals surface area contributed by atoms with Crippen molar-refractivity contribution < 1.29 is 5.11 Å². The molecule has 0 fully saturated rings. The molecule has 84 valence electrons. The van der Waals surface area contributed by atoms with Crippen molar-refractivity contribution in [3.63, 3.8) is 0 Å². The van der Waals surface area contributed by atoms with Crippen molar-refractivity contribution in [2.24, 2.45) is 5.73 Å². The first kappa shape index (κ1) is 12.7. The van der Waals surface area contributed by atoms with Crippen LogP contribution in [0.25, 0.3) is 0 Å². The van der Waals surface area contributed by atoms with Crippen LogP contribution in [-0.4, -0.2) is 11.7 Å². The lowest BCUT2D eigenvalue weighted by atomic mass is 9.86. The van der Waals surface area contributed by atoms with Gasteiger partial charge in [-0.3, -0.25) is 0 Å². The molecule has 1 rings (SSSR count). The Morgan fingerprint density at radius 3 is 2.40 bits per heavy atom. The summed E-state index contributed by atoms with van der Waals surface area (Å²) in [7, 11) is 0. The molecule has 1 aromatic carbocycles. The van der Waals surface area contributed by atoms with Crippen molar-refractivity contribution >= 4 is 15.9 Å². The van der Waals surface area contributed by atoms with E-state index in [9.17, 15) is 0 Å². The van der Waals surface area contributed by atoms with Crippen molar-refractivity contribution in [1.82, 2.24) is 0 Å². The first-order chi connectivity index (χ1) is 6.86. The first-order valence-corrected chi connectivity index (χ1v) is 5.82. The molecule has 1 aromatic rings. The maximum atomic E-state index is 8.97. The van der Waals surface area contributed by atoms with Gasteiger partial charge in [0.2, 0.25) is 0 Å². The number of aliphatic hydroxyl groups is 1. The Bertz CT molecular complexity index is 344. The van der Waals surface area contributed by atoms with Crippen LogP contribution in [0.3, 0.4) is 0 Å². The van der Waals surface area contributed by atoms with E-state index in [0.717, 1.165) is 10.0 Å². The number of halogens is 1. The summed E-state index contributed by atoms with van der Waals surface area (Å²) in [5.74, 6) is 0. The fourth-order valence-electron chi connectivity index (χ4n) is 1.48. The molecular weight excluding hydrogens is 254 g/mol. The van der Waals surface area contributed by atoms with Gasteiger partial charge in [-0.05, 0) is 22.6 Å². The zero-order valence-electron chi connectivity index (χ0n) is 9.42. The van der Waals surface area contributed by atoms with Crippen LogP contribution in [0.1, 0.15) is 37.9 Å². The average Bonchev–Trinajstić information content (AvgIpc) is 2.14. The minimum atomic E-state index is -0.296. The molecule has 0 aliphatic heterocycles. The maximum absolute atomic E-state index is 8.97. The molecule has 1 atom stereocenters. The Labute approximate surface area is 99.6 Å². The van der Waals surface area contributed by atoms with E-state index in [2.05, 4.69) is 42.8 Å². The Hall–Kier alpha value is -0.380. The van der Waals surface area contributed by atoms with Crippen LogP contribution < -0.4 is 5.73 Å². The third kappa shape index (κ3) is 3.03. The highest BCUT2D eigenvalue weighted by molar-refractivity contribution is 9.10. The highest BCUT2D eigenvalue weighted by Gasteiger charge is 2.17. The van der Waals surface area contributed by atoms with Crippen molar-refractivity contribution in [3.8, 4) is 0 Å². The monoisotopic (exact) mass is 271 g/mol. The second-order valence-electron chi connectivity index (χ2n) is 4.78. The lowest BCUT2D eigenvalue weighted by Crippen LogP contribution is -2.16. The molecule has 1 unspecified atom stereocenters. The van der Waals surface area contributed by atoms with E-state index in [4.69, 9.17) is 10.8 Å². The van der Waals surface area contributed by atoms with Crippen LogP contribution in [0.2, 0.25) is 0 Å². The molecule has 0 saturated heterocycles. The van der Waals surface area contributed by atoms with E-state index < -0.39 is 0 Å². The first-order valence-electron chi connectivity index (χ1n) is 5.02. The van der Waals surface area contributed by atoms with Crippen LogP contribution >= 0.6 is 15.9 Å². The molecule has 0 aliphatic rings. The molecule has 0 amide bonds. The van der Waals surface area contributed by atoms with E-state index in [1.165, 1.54) is 5.56 Å². The molecule has 0 aromatic heterocycles. The maximum Gasteiger partial charge on any atom is 0.0624 e. The molecule has 0 spiro atoms. The average molecular weight is 272 g/mol. The Balaban J connectivity index is 3.09. The molecule has 2 nitrogen and oxygen atoms in total. The normalized spacial score (nSPS) is 14.0. The predicted octanol–water partition coefficient (Wildman–Crippen LogP) is 2.74. The molecule has 15 heavy (non-hydrogen) atoms. The number of benzene rings is 1. The summed E-state index contributed by atoms with van der Waals surface area (Å²) < 4.78 is 1.05. The summed E-state index contributed by atoms with van der Waals surface area (Å²) in [6, 6.07) is 5.73. The Kier molecular flexibility index (Phi) is 3.93. The molecule has 0 aliphatic carbocycles. The number of hydrogen-bond donors (Lipinski definition) is 2. The van der Waals surface area contributed by atoms with E-state index in [1.807, 2.05) is 12.1 Å². The van der Waals surface area contributed by atoms with Crippen molar-refractivity contribution in [1.29, 1.82) is 0 Å². The van der Waals surface area contributed by atoms with Gasteiger partial charge in [0.1, 0.15) is 0 Å². The predicted molar refractivity (Wildman–Crippen MR) is 66.9 cm³/mol. The molecule has 3 heteroatoms. The fourth-order valence-corrected chi connectivity index (χ4v) is 2.47. The van der Waals surface area contributed by atoms with Crippen LogP contribution in [-0.2, 0) is 5.41 Å². The highest BCUT2D eigenvalue weighted by Crippen LogP contribution is 2.31. The third-order valence-electron chi connectivity index (χ3n) is 2.43. The van der Waals surface area contributed by atoms with Gasteiger partial charge in [0.25, 0.3) is 0 Å². The molecular formula is C12H18BrNO.